The van der Waals surface area contributed by atoms with Gasteiger partial charge in [0, 0.05) is 22.7 Å². The van der Waals surface area contributed by atoms with Crippen molar-refractivity contribution < 1.29 is 8.42 Å². The Morgan fingerprint density at radius 3 is 2.70 bits per heavy atom. The molecular formula is C14H19BrN2O2S. The summed E-state index contributed by atoms with van der Waals surface area (Å²) in [7, 11) is -3.42. The number of piperidine rings is 1. The molecule has 4 nitrogen and oxygen atoms in total. The molecule has 0 amide bonds. The number of benzene rings is 1. The maximum atomic E-state index is 12.8. The van der Waals surface area contributed by atoms with Crippen LogP contribution in [0.2, 0.25) is 0 Å². The lowest BCUT2D eigenvalue weighted by Gasteiger charge is -2.36. The van der Waals surface area contributed by atoms with Crippen LogP contribution in [0.5, 0.6) is 0 Å². The molecule has 3 rings (SSSR count). The normalized spacial score (nSPS) is 27.4. The molecule has 2 fully saturated rings. The van der Waals surface area contributed by atoms with Crippen LogP contribution in [0.3, 0.4) is 0 Å². The second kappa shape index (κ2) is 5.31. The van der Waals surface area contributed by atoms with E-state index in [-0.39, 0.29) is 6.04 Å². The van der Waals surface area contributed by atoms with Crippen LogP contribution in [-0.4, -0.2) is 25.3 Å². The lowest BCUT2D eigenvalue weighted by atomic mass is 9.94. The molecule has 6 heteroatoms. The van der Waals surface area contributed by atoms with Gasteiger partial charge in [0.15, 0.2) is 0 Å². The fraction of sp³-hybridized carbons (Fsp3) is 0.571. The van der Waals surface area contributed by atoms with E-state index in [1.807, 2.05) is 0 Å². The van der Waals surface area contributed by atoms with Crippen molar-refractivity contribution in [1.82, 2.24) is 4.31 Å². The lowest BCUT2D eigenvalue weighted by Crippen LogP contribution is -2.46. The Hall–Kier alpha value is -0.590. The zero-order valence-electron chi connectivity index (χ0n) is 11.3. The van der Waals surface area contributed by atoms with E-state index in [9.17, 15) is 8.42 Å². The Morgan fingerprint density at radius 1 is 1.20 bits per heavy atom. The van der Waals surface area contributed by atoms with Gasteiger partial charge >= 0.3 is 0 Å². The van der Waals surface area contributed by atoms with E-state index in [4.69, 9.17) is 5.73 Å². The quantitative estimate of drug-likeness (QED) is 0.826. The minimum absolute atomic E-state index is 0.193. The Balaban J connectivity index is 1.96. The Morgan fingerprint density at radius 2 is 1.95 bits per heavy atom. The number of anilines is 1. The monoisotopic (exact) mass is 358 g/mol. The summed E-state index contributed by atoms with van der Waals surface area (Å²) in [5.41, 5.74) is 6.29. The van der Waals surface area contributed by atoms with Crippen molar-refractivity contribution >= 4 is 31.6 Å². The highest BCUT2D eigenvalue weighted by molar-refractivity contribution is 9.10. The zero-order chi connectivity index (χ0) is 14.3. The number of nitrogens with zero attached hydrogens (tertiary/aromatic N) is 1. The highest BCUT2D eigenvalue weighted by atomic mass is 79.9. The molecular weight excluding hydrogens is 340 g/mol. The predicted molar refractivity (Wildman–Crippen MR) is 82.8 cm³/mol. The summed E-state index contributed by atoms with van der Waals surface area (Å²) >= 11 is 3.30. The lowest BCUT2D eigenvalue weighted by molar-refractivity contribution is 0.202. The van der Waals surface area contributed by atoms with Crippen molar-refractivity contribution in [2.75, 3.05) is 12.3 Å². The van der Waals surface area contributed by atoms with Crippen LogP contribution in [-0.2, 0) is 10.0 Å². The molecule has 1 saturated heterocycles. The molecule has 20 heavy (non-hydrogen) atoms. The largest absolute Gasteiger partial charge is 0.398 e. The molecule has 2 N–H and O–H groups in total. The van der Waals surface area contributed by atoms with Crippen LogP contribution in [0.1, 0.15) is 32.1 Å². The molecule has 110 valence electrons. The van der Waals surface area contributed by atoms with E-state index < -0.39 is 10.0 Å². The molecule has 1 aromatic rings. The molecule has 0 radical (unpaired) electrons. The van der Waals surface area contributed by atoms with Gasteiger partial charge in [-0.2, -0.15) is 4.31 Å². The van der Waals surface area contributed by atoms with Crippen LogP contribution >= 0.6 is 15.9 Å². The van der Waals surface area contributed by atoms with E-state index in [0.29, 0.717) is 23.0 Å². The van der Waals surface area contributed by atoms with Crippen molar-refractivity contribution in [2.24, 2.45) is 5.92 Å². The van der Waals surface area contributed by atoms with Gasteiger partial charge < -0.3 is 5.73 Å². The maximum Gasteiger partial charge on any atom is 0.243 e. The van der Waals surface area contributed by atoms with E-state index in [1.54, 1.807) is 22.5 Å². The topological polar surface area (TPSA) is 63.4 Å². The molecule has 1 saturated carbocycles. The third-order valence-electron chi connectivity index (χ3n) is 4.52. The molecule has 1 aliphatic carbocycles. The molecule has 0 spiro atoms. The summed E-state index contributed by atoms with van der Waals surface area (Å²) in [4.78, 5) is 0.311. The second-order valence-electron chi connectivity index (χ2n) is 5.70. The van der Waals surface area contributed by atoms with Crippen molar-refractivity contribution in [3.8, 4) is 0 Å². The van der Waals surface area contributed by atoms with Gasteiger partial charge in [-0.25, -0.2) is 8.42 Å². The van der Waals surface area contributed by atoms with Gasteiger partial charge in [0.1, 0.15) is 0 Å². The van der Waals surface area contributed by atoms with Crippen LogP contribution < -0.4 is 5.73 Å². The first-order valence-electron chi connectivity index (χ1n) is 7.07. The van der Waals surface area contributed by atoms with E-state index >= 15 is 0 Å². The molecule has 2 unspecified atom stereocenters. The SMILES string of the molecule is Nc1cc(S(=O)(=O)N2CCCC3CCCC32)ccc1Br. The van der Waals surface area contributed by atoms with Gasteiger partial charge in [0.2, 0.25) is 10.0 Å². The predicted octanol–water partition coefficient (Wildman–Crippen LogP) is 2.98. The third kappa shape index (κ3) is 2.38. The molecule has 1 heterocycles. The number of rotatable bonds is 2. The van der Waals surface area contributed by atoms with Gasteiger partial charge in [-0.3, -0.25) is 0 Å². The van der Waals surface area contributed by atoms with E-state index in [1.165, 1.54) is 12.8 Å². The first-order chi connectivity index (χ1) is 9.50. The van der Waals surface area contributed by atoms with Crippen molar-refractivity contribution in [3.05, 3.63) is 22.7 Å². The fourth-order valence-electron chi connectivity index (χ4n) is 3.52. The van der Waals surface area contributed by atoms with Gasteiger partial charge in [-0.05, 0) is 65.7 Å². The fourth-order valence-corrected chi connectivity index (χ4v) is 5.56. The second-order valence-corrected chi connectivity index (χ2v) is 8.44. The summed E-state index contributed by atoms with van der Waals surface area (Å²) in [5, 5.41) is 0. The number of hydrogen-bond acceptors (Lipinski definition) is 3. The summed E-state index contributed by atoms with van der Waals surface area (Å²) in [6, 6.07) is 5.09. The Bertz CT molecular complexity index is 618. The van der Waals surface area contributed by atoms with Gasteiger partial charge in [-0.15, -0.1) is 0 Å². The Labute approximate surface area is 128 Å². The van der Waals surface area contributed by atoms with Crippen molar-refractivity contribution in [3.63, 3.8) is 0 Å². The van der Waals surface area contributed by atoms with Crippen LogP contribution in [0.25, 0.3) is 0 Å². The van der Waals surface area contributed by atoms with E-state index in [0.717, 1.165) is 23.7 Å². The molecule has 2 atom stereocenters. The summed E-state index contributed by atoms with van der Waals surface area (Å²) in [6.07, 6.45) is 5.43. The minimum atomic E-state index is -3.42. The smallest absolute Gasteiger partial charge is 0.243 e. The molecule has 1 aromatic carbocycles. The summed E-state index contributed by atoms with van der Waals surface area (Å²) < 4.78 is 28.1. The molecule has 2 aliphatic rings. The number of sulfonamides is 1. The average molecular weight is 359 g/mol. The first-order valence-corrected chi connectivity index (χ1v) is 9.30. The van der Waals surface area contributed by atoms with Crippen molar-refractivity contribution in [1.29, 1.82) is 0 Å². The van der Waals surface area contributed by atoms with Crippen molar-refractivity contribution in [2.45, 2.75) is 43.0 Å². The first kappa shape index (κ1) is 14.4. The highest BCUT2D eigenvalue weighted by Gasteiger charge is 2.41. The highest BCUT2D eigenvalue weighted by Crippen LogP contribution is 2.39. The molecule has 1 aliphatic heterocycles. The summed E-state index contributed by atoms with van der Waals surface area (Å²) in [5.74, 6) is 0.548. The maximum absolute atomic E-state index is 12.8. The zero-order valence-corrected chi connectivity index (χ0v) is 13.7. The number of nitrogen functional groups attached to an aromatic ring is 1. The summed E-state index contributed by atoms with van der Waals surface area (Å²) in [6.45, 7) is 0.638. The molecule has 0 bridgehead atoms. The number of nitrogens with two attached hydrogens (primary N) is 1. The van der Waals surface area contributed by atoms with Gasteiger partial charge in [-0.1, -0.05) is 6.42 Å². The minimum Gasteiger partial charge on any atom is -0.398 e. The van der Waals surface area contributed by atoms with Gasteiger partial charge in [0.25, 0.3) is 0 Å². The third-order valence-corrected chi connectivity index (χ3v) is 7.16. The average Bonchev–Trinajstić information content (AvgIpc) is 2.89. The van der Waals surface area contributed by atoms with E-state index in [2.05, 4.69) is 15.9 Å². The van der Waals surface area contributed by atoms with Crippen LogP contribution in [0.15, 0.2) is 27.6 Å². The molecule has 0 aromatic heterocycles. The standard InChI is InChI=1S/C14H19BrN2O2S/c15-12-7-6-11(9-13(12)16)20(18,19)17-8-2-4-10-3-1-5-14(10)17/h6-7,9-10,14H,1-5,8,16H2. The number of halogens is 1. The number of fused-ring (bicyclic) bond motifs is 1. The van der Waals surface area contributed by atoms with Gasteiger partial charge in [0.05, 0.1) is 4.90 Å². The Kier molecular flexibility index (Phi) is 3.81. The van der Waals surface area contributed by atoms with Crippen LogP contribution in [0, 0.1) is 5.92 Å². The number of hydrogen-bond donors (Lipinski definition) is 1. The van der Waals surface area contributed by atoms with Crippen LogP contribution in [0.4, 0.5) is 5.69 Å².